The van der Waals surface area contributed by atoms with Crippen molar-refractivity contribution in [3.05, 3.63) is 47.9 Å². The largest absolute Gasteiger partial charge is 0.508 e. The molecular weight excluding hydrogens is 209 g/mol. The van der Waals surface area contributed by atoms with E-state index in [1.807, 2.05) is 0 Å². The molecule has 4 heteroatoms. The van der Waals surface area contributed by atoms with E-state index in [2.05, 4.69) is 4.98 Å². The Labute approximate surface area is 92.1 Å². The van der Waals surface area contributed by atoms with Gasteiger partial charge >= 0.3 is 0 Å². The summed E-state index contributed by atoms with van der Waals surface area (Å²) in [7, 11) is 0. The average molecular weight is 219 g/mol. The first-order chi connectivity index (χ1) is 7.66. The molecule has 82 valence electrons. The number of aromatic hydroxyl groups is 1. The summed E-state index contributed by atoms with van der Waals surface area (Å²) in [5.74, 6) is 0.522. The van der Waals surface area contributed by atoms with E-state index in [0.717, 1.165) is 6.20 Å². The zero-order valence-electron chi connectivity index (χ0n) is 8.64. The Morgan fingerprint density at radius 1 is 1.25 bits per heavy atom. The molecule has 0 atom stereocenters. The van der Waals surface area contributed by atoms with Crippen molar-refractivity contribution in [1.82, 2.24) is 4.98 Å². The van der Waals surface area contributed by atoms with Crippen LogP contribution in [0.5, 0.6) is 17.4 Å². The molecule has 0 aliphatic rings. The van der Waals surface area contributed by atoms with Gasteiger partial charge < -0.3 is 9.84 Å². The number of rotatable bonds is 2. The van der Waals surface area contributed by atoms with E-state index in [1.54, 1.807) is 25.1 Å². The number of hydrogen-bond donors (Lipinski definition) is 1. The van der Waals surface area contributed by atoms with Crippen LogP contribution < -0.4 is 4.74 Å². The molecule has 16 heavy (non-hydrogen) atoms. The summed E-state index contributed by atoms with van der Waals surface area (Å²) in [5, 5.41) is 9.46. The minimum Gasteiger partial charge on any atom is -0.508 e. The maximum absolute atomic E-state index is 12.6. The van der Waals surface area contributed by atoms with E-state index in [9.17, 15) is 9.50 Å². The van der Waals surface area contributed by atoms with Crippen LogP contribution >= 0.6 is 0 Å². The standard InChI is InChI=1S/C12H10FNO2/c1-8-10(15)3-2-4-11(8)16-12-6-5-9(13)7-14-12/h2-7,15H,1H3. The summed E-state index contributed by atoms with van der Waals surface area (Å²) in [6.07, 6.45) is 1.08. The van der Waals surface area contributed by atoms with Crippen LogP contribution in [0.25, 0.3) is 0 Å². The highest BCUT2D eigenvalue weighted by atomic mass is 19.1. The van der Waals surface area contributed by atoms with Gasteiger partial charge in [-0.3, -0.25) is 0 Å². The Bertz CT molecular complexity index is 497. The molecule has 2 aromatic rings. The summed E-state index contributed by atoms with van der Waals surface area (Å²) < 4.78 is 18.0. The zero-order chi connectivity index (χ0) is 11.5. The molecule has 3 nitrogen and oxygen atoms in total. The third kappa shape index (κ3) is 2.11. The first-order valence-corrected chi connectivity index (χ1v) is 4.75. The fraction of sp³-hybridized carbons (Fsp3) is 0.0833. The van der Waals surface area contributed by atoms with Crippen molar-refractivity contribution in [2.45, 2.75) is 6.92 Å². The summed E-state index contributed by atoms with van der Waals surface area (Å²) in [6, 6.07) is 7.64. The Morgan fingerprint density at radius 2 is 2.06 bits per heavy atom. The highest BCUT2D eigenvalue weighted by molar-refractivity contribution is 5.43. The molecule has 1 N–H and O–H groups in total. The lowest BCUT2D eigenvalue weighted by Crippen LogP contribution is -1.90. The number of hydrogen-bond acceptors (Lipinski definition) is 3. The highest BCUT2D eigenvalue weighted by Crippen LogP contribution is 2.29. The minimum atomic E-state index is -0.417. The summed E-state index contributed by atoms with van der Waals surface area (Å²) >= 11 is 0. The third-order valence-corrected chi connectivity index (χ3v) is 2.17. The van der Waals surface area contributed by atoms with Gasteiger partial charge in [0.1, 0.15) is 17.3 Å². The predicted octanol–water partition coefficient (Wildman–Crippen LogP) is 3.03. The first-order valence-electron chi connectivity index (χ1n) is 4.75. The number of halogens is 1. The smallest absolute Gasteiger partial charge is 0.219 e. The second-order valence-electron chi connectivity index (χ2n) is 3.32. The molecular formula is C12H10FNO2. The topological polar surface area (TPSA) is 42.4 Å². The van der Waals surface area contributed by atoms with Crippen molar-refractivity contribution in [3.63, 3.8) is 0 Å². The van der Waals surface area contributed by atoms with Crippen LogP contribution in [-0.2, 0) is 0 Å². The van der Waals surface area contributed by atoms with Crippen LogP contribution in [0.3, 0.4) is 0 Å². The van der Waals surface area contributed by atoms with Gasteiger partial charge in [0.2, 0.25) is 5.88 Å². The van der Waals surface area contributed by atoms with Crippen LogP contribution in [0.15, 0.2) is 36.5 Å². The molecule has 0 fully saturated rings. The van der Waals surface area contributed by atoms with Crippen LogP contribution in [0.1, 0.15) is 5.56 Å². The Hall–Kier alpha value is -2.10. The Morgan fingerprint density at radius 3 is 2.75 bits per heavy atom. The minimum absolute atomic E-state index is 0.152. The zero-order valence-corrected chi connectivity index (χ0v) is 8.64. The number of pyridine rings is 1. The van der Waals surface area contributed by atoms with Gasteiger partial charge in [-0.05, 0) is 25.1 Å². The molecule has 0 amide bonds. The fourth-order valence-corrected chi connectivity index (χ4v) is 1.25. The van der Waals surface area contributed by atoms with Crippen molar-refractivity contribution >= 4 is 0 Å². The maximum Gasteiger partial charge on any atom is 0.219 e. The molecule has 0 spiro atoms. The lowest BCUT2D eigenvalue weighted by atomic mass is 10.2. The van der Waals surface area contributed by atoms with Crippen molar-refractivity contribution in [2.24, 2.45) is 0 Å². The first kappa shape index (κ1) is 10.4. The molecule has 0 bridgehead atoms. The van der Waals surface area contributed by atoms with Crippen molar-refractivity contribution in [2.75, 3.05) is 0 Å². The quantitative estimate of drug-likeness (QED) is 0.844. The lowest BCUT2D eigenvalue weighted by molar-refractivity contribution is 0.437. The van der Waals surface area contributed by atoms with Crippen LogP contribution in [0, 0.1) is 12.7 Å². The van der Waals surface area contributed by atoms with Gasteiger partial charge in [0.05, 0.1) is 6.20 Å². The summed E-state index contributed by atoms with van der Waals surface area (Å²) in [5.41, 5.74) is 0.619. The predicted molar refractivity (Wildman–Crippen MR) is 57.1 cm³/mol. The van der Waals surface area contributed by atoms with E-state index in [1.165, 1.54) is 12.1 Å². The van der Waals surface area contributed by atoms with Gasteiger partial charge in [0.15, 0.2) is 0 Å². The van der Waals surface area contributed by atoms with Gasteiger partial charge in [0, 0.05) is 11.6 Å². The molecule has 0 saturated heterocycles. The van der Waals surface area contributed by atoms with Gasteiger partial charge in [-0.15, -0.1) is 0 Å². The summed E-state index contributed by atoms with van der Waals surface area (Å²) in [6.45, 7) is 1.73. The van der Waals surface area contributed by atoms with Crippen molar-refractivity contribution < 1.29 is 14.2 Å². The van der Waals surface area contributed by atoms with Crippen LogP contribution in [-0.4, -0.2) is 10.1 Å². The molecule has 0 aliphatic heterocycles. The molecule has 1 heterocycles. The van der Waals surface area contributed by atoms with Crippen LogP contribution in [0.2, 0.25) is 0 Å². The SMILES string of the molecule is Cc1c(O)cccc1Oc1ccc(F)cn1. The monoisotopic (exact) mass is 219 g/mol. The van der Waals surface area contributed by atoms with Gasteiger partial charge in [-0.2, -0.15) is 0 Å². The van der Waals surface area contributed by atoms with Gasteiger partial charge in [-0.1, -0.05) is 6.07 Å². The second kappa shape index (κ2) is 4.18. The molecule has 1 aromatic heterocycles. The maximum atomic E-state index is 12.6. The number of ether oxygens (including phenoxy) is 1. The highest BCUT2D eigenvalue weighted by Gasteiger charge is 2.05. The van der Waals surface area contributed by atoms with E-state index in [4.69, 9.17) is 4.74 Å². The van der Waals surface area contributed by atoms with E-state index >= 15 is 0 Å². The van der Waals surface area contributed by atoms with Crippen molar-refractivity contribution in [1.29, 1.82) is 0 Å². The second-order valence-corrected chi connectivity index (χ2v) is 3.32. The van der Waals surface area contributed by atoms with E-state index in [-0.39, 0.29) is 11.6 Å². The number of nitrogens with zero attached hydrogens (tertiary/aromatic N) is 1. The van der Waals surface area contributed by atoms with Gasteiger partial charge in [0.25, 0.3) is 0 Å². The van der Waals surface area contributed by atoms with E-state index < -0.39 is 5.82 Å². The average Bonchev–Trinajstić information content (AvgIpc) is 2.28. The Balaban J connectivity index is 2.27. The number of aromatic nitrogens is 1. The van der Waals surface area contributed by atoms with Crippen molar-refractivity contribution in [3.8, 4) is 17.4 Å². The molecule has 0 saturated carbocycles. The molecule has 0 unspecified atom stereocenters. The third-order valence-electron chi connectivity index (χ3n) is 2.17. The fourth-order valence-electron chi connectivity index (χ4n) is 1.25. The van der Waals surface area contributed by atoms with E-state index in [0.29, 0.717) is 11.3 Å². The molecule has 0 aliphatic carbocycles. The number of phenolic OH excluding ortho intramolecular Hbond substituents is 1. The lowest BCUT2D eigenvalue weighted by Gasteiger charge is -2.08. The Kier molecular flexibility index (Phi) is 2.72. The molecule has 2 rings (SSSR count). The number of phenols is 1. The molecule has 1 aromatic carbocycles. The van der Waals surface area contributed by atoms with Crippen LogP contribution in [0.4, 0.5) is 4.39 Å². The summed E-state index contributed by atoms with van der Waals surface area (Å²) in [4.78, 5) is 3.77. The normalized spacial score (nSPS) is 10.1. The van der Waals surface area contributed by atoms with Gasteiger partial charge in [-0.25, -0.2) is 9.37 Å². The number of benzene rings is 1. The molecule has 0 radical (unpaired) electrons.